The highest BCUT2D eigenvalue weighted by molar-refractivity contribution is 7.99. The van der Waals surface area contributed by atoms with Gasteiger partial charge in [0.05, 0.1) is 0 Å². The van der Waals surface area contributed by atoms with Crippen LogP contribution in [0.4, 0.5) is 0 Å². The molecule has 0 saturated carbocycles. The highest BCUT2D eigenvalue weighted by Gasteiger charge is 2.12. The van der Waals surface area contributed by atoms with Gasteiger partial charge in [-0.15, -0.1) is 11.8 Å². The third-order valence-corrected chi connectivity index (χ3v) is 4.70. The summed E-state index contributed by atoms with van der Waals surface area (Å²) < 4.78 is 10.7. The summed E-state index contributed by atoms with van der Waals surface area (Å²) in [7, 11) is 0. The molecule has 0 aromatic heterocycles. The monoisotopic (exact) mass is 294 g/mol. The highest BCUT2D eigenvalue weighted by atomic mass is 32.2. The fourth-order valence-electron chi connectivity index (χ4n) is 2.45. The summed E-state index contributed by atoms with van der Waals surface area (Å²) in [5.74, 6) is 2.67. The number of allylic oxidation sites excluding steroid dienone is 1. The van der Waals surface area contributed by atoms with Gasteiger partial charge in [-0.2, -0.15) is 0 Å². The summed E-state index contributed by atoms with van der Waals surface area (Å²) in [4.78, 5) is 1.36. The Morgan fingerprint density at radius 3 is 2.86 bits per heavy atom. The zero-order valence-corrected chi connectivity index (χ0v) is 12.2. The minimum atomic E-state index is 0.321. The molecule has 2 nitrogen and oxygen atoms in total. The van der Waals surface area contributed by atoms with Gasteiger partial charge in [0, 0.05) is 10.6 Å². The molecule has 2 aromatic carbocycles. The van der Waals surface area contributed by atoms with E-state index in [1.54, 1.807) is 0 Å². The Hall–Kier alpha value is -2.13. The Bertz CT molecular complexity index is 747. The minimum absolute atomic E-state index is 0.321. The van der Waals surface area contributed by atoms with Crippen LogP contribution in [0.3, 0.4) is 0 Å². The van der Waals surface area contributed by atoms with Gasteiger partial charge in [0.2, 0.25) is 6.79 Å². The van der Waals surface area contributed by atoms with E-state index in [4.69, 9.17) is 9.47 Å². The van der Waals surface area contributed by atoms with Gasteiger partial charge in [-0.3, -0.25) is 0 Å². The Kier molecular flexibility index (Phi) is 3.20. The van der Waals surface area contributed by atoms with Crippen molar-refractivity contribution in [2.75, 3.05) is 12.5 Å². The van der Waals surface area contributed by atoms with Crippen LogP contribution in [0, 0.1) is 0 Å². The lowest BCUT2D eigenvalue weighted by Gasteiger charge is -2.13. The van der Waals surface area contributed by atoms with Crippen LogP contribution >= 0.6 is 11.8 Å². The average molecular weight is 294 g/mol. The Balaban J connectivity index is 1.58. The third kappa shape index (κ3) is 2.57. The predicted molar refractivity (Wildman–Crippen MR) is 86.7 cm³/mol. The van der Waals surface area contributed by atoms with Crippen LogP contribution in [0.2, 0.25) is 0 Å². The van der Waals surface area contributed by atoms with E-state index in [0.29, 0.717) is 6.79 Å². The maximum absolute atomic E-state index is 5.40. The fourth-order valence-corrected chi connectivity index (χ4v) is 3.42. The molecule has 0 atom stereocenters. The number of fused-ring (bicyclic) bond motifs is 2. The van der Waals surface area contributed by atoms with Gasteiger partial charge in [-0.05, 0) is 41.0 Å². The van der Waals surface area contributed by atoms with Gasteiger partial charge in [-0.25, -0.2) is 0 Å². The molecule has 2 aliphatic heterocycles. The van der Waals surface area contributed by atoms with E-state index in [1.807, 2.05) is 23.9 Å². The lowest BCUT2D eigenvalue weighted by atomic mass is 10.1. The first-order valence-corrected chi connectivity index (χ1v) is 7.87. The lowest BCUT2D eigenvalue weighted by Crippen LogP contribution is -1.93. The maximum atomic E-state index is 5.40. The van der Waals surface area contributed by atoms with Crippen molar-refractivity contribution < 1.29 is 9.47 Å². The molecule has 2 heterocycles. The number of rotatable bonds is 2. The topological polar surface area (TPSA) is 18.5 Å². The summed E-state index contributed by atoms with van der Waals surface area (Å²) in [6, 6.07) is 14.5. The van der Waals surface area contributed by atoms with E-state index < -0.39 is 0 Å². The number of thioether (sulfide) groups is 1. The van der Waals surface area contributed by atoms with Crippen LogP contribution < -0.4 is 9.47 Å². The number of hydrogen-bond donors (Lipinski definition) is 0. The molecule has 3 heteroatoms. The van der Waals surface area contributed by atoms with Crippen LogP contribution in [0.25, 0.3) is 12.2 Å². The lowest BCUT2D eigenvalue weighted by molar-refractivity contribution is 0.174. The van der Waals surface area contributed by atoms with E-state index in [2.05, 4.69) is 48.6 Å². The molecule has 21 heavy (non-hydrogen) atoms. The molecule has 0 fully saturated rings. The van der Waals surface area contributed by atoms with E-state index in [-0.39, 0.29) is 0 Å². The Morgan fingerprint density at radius 2 is 1.86 bits per heavy atom. The maximum Gasteiger partial charge on any atom is 0.231 e. The normalized spacial score (nSPS) is 15.9. The van der Waals surface area contributed by atoms with Crippen LogP contribution in [0.5, 0.6) is 11.5 Å². The van der Waals surface area contributed by atoms with Gasteiger partial charge >= 0.3 is 0 Å². The molecule has 2 aromatic rings. The Labute approximate surface area is 128 Å². The summed E-state index contributed by atoms with van der Waals surface area (Å²) >= 11 is 1.89. The molecule has 0 radical (unpaired) electrons. The second-order valence-electron chi connectivity index (χ2n) is 4.99. The van der Waals surface area contributed by atoms with Crippen LogP contribution in [-0.2, 0) is 0 Å². The summed E-state index contributed by atoms with van der Waals surface area (Å²) in [5, 5.41) is 0. The number of hydrogen-bond acceptors (Lipinski definition) is 3. The minimum Gasteiger partial charge on any atom is -0.454 e. The Morgan fingerprint density at radius 1 is 0.952 bits per heavy atom. The molecule has 0 aliphatic carbocycles. The molecule has 0 spiro atoms. The van der Waals surface area contributed by atoms with E-state index in [9.17, 15) is 0 Å². The third-order valence-electron chi connectivity index (χ3n) is 3.54. The van der Waals surface area contributed by atoms with Crippen molar-refractivity contribution >= 4 is 23.9 Å². The molecule has 104 valence electrons. The van der Waals surface area contributed by atoms with Crippen molar-refractivity contribution in [2.45, 2.75) is 4.90 Å². The first-order chi connectivity index (χ1) is 10.4. The van der Waals surface area contributed by atoms with Crippen molar-refractivity contribution in [3.8, 4) is 11.5 Å². The molecule has 4 rings (SSSR count). The van der Waals surface area contributed by atoms with Gasteiger partial charge in [0.1, 0.15) is 0 Å². The fraction of sp³-hybridized carbons (Fsp3) is 0.111. The molecular formula is C18H14O2S. The second kappa shape index (κ2) is 5.34. The highest BCUT2D eigenvalue weighted by Crippen LogP contribution is 2.34. The van der Waals surface area contributed by atoms with E-state index >= 15 is 0 Å². The van der Waals surface area contributed by atoms with Crippen molar-refractivity contribution in [3.63, 3.8) is 0 Å². The number of ether oxygens (including phenoxy) is 2. The molecule has 0 saturated heterocycles. The van der Waals surface area contributed by atoms with Crippen molar-refractivity contribution in [2.24, 2.45) is 0 Å². The smallest absolute Gasteiger partial charge is 0.231 e. The first-order valence-electron chi connectivity index (χ1n) is 6.89. The zero-order chi connectivity index (χ0) is 14.1. The molecular weight excluding hydrogens is 280 g/mol. The molecule has 0 amide bonds. The summed E-state index contributed by atoms with van der Waals surface area (Å²) in [6.45, 7) is 0.321. The molecule has 2 aliphatic rings. The predicted octanol–water partition coefficient (Wildman–Crippen LogP) is 4.62. The van der Waals surface area contributed by atoms with Gasteiger partial charge in [0.25, 0.3) is 0 Å². The molecule has 0 N–H and O–H groups in total. The van der Waals surface area contributed by atoms with Gasteiger partial charge in [0.15, 0.2) is 11.5 Å². The SMILES string of the molecule is C1=C(/C=C/c2ccc3c(c2)OCO3)CSc2ccccc21. The quantitative estimate of drug-likeness (QED) is 0.805. The van der Waals surface area contributed by atoms with E-state index in [1.165, 1.54) is 16.0 Å². The zero-order valence-electron chi connectivity index (χ0n) is 11.4. The average Bonchev–Trinajstić information content (AvgIpc) is 3.00. The van der Waals surface area contributed by atoms with E-state index in [0.717, 1.165) is 22.8 Å². The molecule has 0 unspecified atom stereocenters. The summed E-state index contributed by atoms with van der Waals surface area (Å²) in [5.41, 5.74) is 3.76. The first kappa shape index (κ1) is 12.6. The van der Waals surface area contributed by atoms with Crippen LogP contribution in [0.15, 0.2) is 59.0 Å². The van der Waals surface area contributed by atoms with Crippen molar-refractivity contribution in [1.82, 2.24) is 0 Å². The van der Waals surface area contributed by atoms with Crippen LogP contribution in [-0.4, -0.2) is 12.5 Å². The van der Waals surface area contributed by atoms with Crippen LogP contribution in [0.1, 0.15) is 11.1 Å². The molecule has 0 bridgehead atoms. The standard InChI is InChI=1S/C18H14O2S/c1-2-4-18-15(3-1)9-14(11-21-18)6-5-13-7-8-16-17(10-13)20-12-19-16/h1-10H,11-12H2/b6-5+. The van der Waals surface area contributed by atoms with Crippen molar-refractivity contribution in [1.29, 1.82) is 0 Å². The van der Waals surface area contributed by atoms with Crippen molar-refractivity contribution in [3.05, 3.63) is 65.2 Å². The van der Waals surface area contributed by atoms with Gasteiger partial charge < -0.3 is 9.47 Å². The second-order valence-corrected chi connectivity index (χ2v) is 6.01. The number of benzene rings is 2. The van der Waals surface area contributed by atoms with Gasteiger partial charge in [-0.1, -0.05) is 36.4 Å². The largest absolute Gasteiger partial charge is 0.454 e. The summed E-state index contributed by atoms with van der Waals surface area (Å²) in [6.07, 6.45) is 6.57.